The van der Waals surface area contributed by atoms with Crippen molar-refractivity contribution in [3.8, 4) is 0 Å². The molecule has 1 aliphatic rings. The normalized spacial score (nSPS) is 19.6. The number of piperidine rings is 1. The number of hydrogen-bond acceptors (Lipinski definition) is 2. The molecule has 2 heterocycles. The third-order valence-electron chi connectivity index (χ3n) is 3.59. The summed E-state index contributed by atoms with van der Waals surface area (Å²) in [4.78, 5) is 6.95. The Morgan fingerprint density at radius 1 is 1.38 bits per heavy atom. The van der Waals surface area contributed by atoms with E-state index in [-0.39, 0.29) is 0 Å². The van der Waals surface area contributed by atoms with Crippen molar-refractivity contribution in [3.05, 3.63) is 17.2 Å². The van der Waals surface area contributed by atoms with Crippen LogP contribution in [-0.4, -0.2) is 33.6 Å². The first-order valence-electron chi connectivity index (χ1n) is 6.00. The molecule has 1 aromatic heterocycles. The monoisotopic (exact) mass is 241 g/mol. The zero-order chi connectivity index (χ0) is 11.7. The van der Waals surface area contributed by atoms with E-state index < -0.39 is 0 Å². The Morgan fingerprint density at radius 2 is 2.00 bits per heavy atom. The fraction of sp³-hybridized carbons (Fsp3) is 0.750. The number of nitrogens with zero attached hydrogens (tertiary/aromatic N) is 3. The molecule has 16 heavy (non-hydrogen) atoms. The van der Waals surface area contributed by atoms with Gasteiger partial charge in [0.25, 0.3) is 0 Å². The highest BCUT2D eigenvalue weighted by atomic mass is 35.5. The molecule has 3 nitrogen and oxygen atoms in total. The zero-order valence-corrected chi connectivity index (χ0v) is 11.0. The van der Waals surface area contributed by atoms with Crippen LogP contribution in [-0.2, 0) is 7.05 Å². The zero-order valence-electron chi connectivity index (χ0n) is 10.3. The molecule has 1 saturated heterocycles. The Bertz CT molecular complexity index is 351. The van der Waals surface area contributed by atoms with Crippen LogP contribution in [0.25, 0.3) is 0 Å². The Kier molecular flexibility index (Phi) is 3.55. The molecule has 0 N–H and O–H groups in total. The van der Waals surface area contributed by atoms with Crippen molar-refractivity contribution in [2.75, 3.05) is 13.1 Å². The van der Waals surface area contributed by atoms with Crippen LogP contribution in [0.5, 0.6) is 0 Å². The lowest BCUT2D eigenvalue weighted by Gasteiger charge is -2.34. The Hall–Kier alpha value is -0.540. The van der Waals surface area contributed by atoms with Gasteiger partial charge in [-0.15, -0.1) is 0 Å². The summed E-state index contributed by atoms with van der Waals surface area (Å²) in [5.41, 5.74) is 0. The van der Waals surface area contributed by atoms with E-state index in [1.54, 1.807) is 6.20 Å². The fourth-order valence-electron chi connectivity index (χ4n) is 2.46. The van der Waals surface area contributed by atoms with E-state index in [0.29, 0.717) is 12.0 Å². The molecule has 0 atom stereocenters. The summed E-state index contributed by atoms with van der Waals surface area (Å²) < 4.78 is 2.01. The van der Waals surface area contributed by atoms with E-state index >= 15 is 0 Å². The standard InChI is InChI=1S/C12H20ClN3/c1-9(2)16-6-4-10(5-7-16)12-14-8-11(13)15(12)3/h8-10H,4-7H2,1-3H3. The molecular weight excluding hydrogens is 222 g/mol. The largest absolute Gasteiger partial charge is 0.322 e. The molecule has 0 spiro atoms. The summed E-state index contributed by atoms with van der Waals surface area (Å²) in [6.45, 7) is 6.87. The van der Waals surface area contributed by atoms with E-state index in [1.165, 1.54) is 25.9 Å². The summed E-state index contributed by atoms with van der Waals surface area (Å²) in [5.74, 6) is 1.72. The van der Waals surface area contributed by atoms with Gasteiger partial charge in [-0.3, -0.25) is 0 Å². The van der Waals surface area contributed by atoms with Gasteiger partial charge >= 0.3 is 0 Å². The van der Waals surface area contributed by atoms with Crippen LogP contribution >= 0.6 is 11.6 Å². The Labute approximate surface area is 102 Å². The maximum Gasteiger partial charge on any atom is 0.128 e. The number of aromatic nitrogens is 2. The summed E-state index contributed by atoms with van der Waals surface area (Å²) >= 11 is 6.02. The molecule has 1 aromatic rings. The summed E-state index contributed by atoms with van der Waals surface area (Å²) in [6.07, 6.45) is 4.14. The van der Waals surface area contributed by atoms with Crippen LogP contribution in [0.3, 0.4) is 0 Å². The second-order valence-corrected chi connectivity index (χ2v) is 5.29. The van der Waals surface area contributed by atoms with Crippen LogP contribution in [0.4, 0.5) is 0 Å². The lowest BCUT2D eigenvalue weighted by Crippen LogP contribution is -2.38. The molecule has 0 radical (unpaired) electrons. The third kappa shape index (κ3) is 2.25. The van der Waals surface area contributed by atoms with Gasteiger partial charge in [0.05, 0.1) is 6.20 Å². The van der Waals surface area contributed by atoms with Gasteiger partial charge < -0.3 is 9.47 Å². The van der Waals surface area contributed by atoms with E-state index in [0.717, 1.165) is 11.0 Å². The summed E-state index contributed by atoms with van der Waals surface area (Å²) in [5, 5.41) is 0.737. The van der Waals surface area contributed by atoms with Crippen molar-refractivity contribution in [2.45, 2.75) is 38.6 Å². The van der Waals surface area contributed by atoms with Crippen LogP contribution in [0.2, 0.25) is 5.15 Å². The first kappa shape index (κ1) is 11.9. The van der Waals surface area contributed by atoms with E-state index in [2.05, 4.69) is 23.7 Å². The molecule has 1 fully saturated rings. The number of imidazole rings is 1. The molecular formula is C12H20ClN3. The smallest absolute Gasteiger partial charge is 0.128 e. The minimum Gasteiger partial charge on any atom is -0.322 e. The lowest BCUT2D eigenvalue weighted by atomic mass is 9.95. The summed E-state index contributed by atoms with van der Waals surface area (Å²) in [6, 6.07) is 0.658. The van der Waals surface area contributed by atoms with E-state index in [4.69, 9.17) is 11.6 Å². The van der Waals surface area contributed by atoms with Crippen molar-refractivity contribution in [1.82, 2.24) is 14.5 Å². The predicted molar refractivity (Wildman–Crippen MR) is 66.9 cm³/mol. The average Bonchev–Trinajstić information content (AvgIpc) is 2.60. The molecule has 4 heteroatoms. The van der Waals surface area contributed by atoms with Crippen LogP contribution in [0.15, 0.2) is 6.20 Å². The molecule has 0 saturated carbocycles. The van der Waals surface area contributed by atoms with Crippen molar-refractivity contribution in [2.24, 2.45) is 7.05 Å². The Morgan fingerprint density at radius 3 is 2.44 bits per heavy atom. The third-order valence-corrected chi connectivity index (χ3v) is 3.94. The van der Waals surface area contributed by atoms with Gasteiger partial charge in [0, 0.05) is 19.0 Å². The fourth-order valence-corrected chi connectivity index (χ4v) is 2.59. The molecule has 0 unspecified atom stereocenters. The van der Waals surface area contributed by atoms with Crippen molar-refractivity contribution in [3.63, 3.8) is 0 Å². The number of likely N-dealkylation sites (tertiary alicyclic amines) is 1. The maximum absolute atomic E-state index is 6.02. The molecule has 0 amide bonds. The molecule has 0 aromatic carbocycles. The van der Waals surface area contributed by atoms with Crippen LogP contribution in [0.1, 0.15) is 38.4 Å². The van der Waals surface area contributed by atoms with E-state index in [1.807, 2.05) is 11.6 Å². The van der Waals surface area contributed by atoms with Gasteiger partial charge in [-0.25, -0.2) is 4.98 Å². The van der Waals surface area contributed by atoms with Gasteiger partial charge in [0.2, 0.25) is 0 Å². The minimum atomic E-state index is 0.576. The first-order chi connectivity index (χ1) is 7.59. The van der Waals surface area contributed by atoms with Crippen molar-refractivity contribution < 1.29 is 0 Å². The van der Waals surface area contributed by atoms with Gasteiger partial charge in [-0.05, 0) is 39.8 Å². The number of halogens is 1. The molecule has 0 aliphatic carbocycles. The number of hydrogen-bond donors (Lipinski definition) is 0. The maximum atomic E-state index is 6.02. The average molecular weight is 242 g/mol. The second-order valence-electron chi connectivity index (χ2n) is 4.90. The van der Waals surface area contributed by atoms with Crippen LogP contribution in [0, 0.1) is 0 Å². The van der Waals surface area contributed by atoms with Crippen LogP contribution < -0.4 is 0 Å². The first-order valence-corrected chi connectivity index (χ1v) is 6.38. The topological polar surface area (TPSA) is 21.1 Å². The van der Waals surface area contributed by atoms with Crippen molar-refractivity contribution >= 4 is 11.6 Å². The highest BCUT2D eigenvalue weighted by molar-refractivity contribution is 6.29. The quantitative estimate of drug-likeness (QED) is 0.794. The van der Waals surface area contributed by atoms with Gasteiger partial charge in [0.1, 0.15) is 11.0 Å². The second kappa shape index (κ2) is 4.76. The molecule has 90 valence electrons. The Balaban J connectivity index is 2.02. The molecule has 0 bridgehead atoms. The lowest BCUT2D eigenvalue weighted by molar-refractivity contribution is 0.169. The minimum absolute atomic E-state index is 0.576. The van der Waals surface area contributed by atoms with E-state index in [9.17, 15) is 0 Å². The van der Waals surface area contributed by atoms with Gasteiger partial charge in [0.15, 0.2) is 0 Å². The summed E-state index contributed by atoms with van der Waals surface area (Å²) in [7, 11) is 2.00. The van der Waals surface area contributed by atoms with Crippen molar-refractivity contribution in [1.29, 1.82) is 0 Å². The number of rotatable bonds is 2. The molecule has 2 rings (SSSR count). The molecule has 1 aliphatic heterocycles. The highest BCUT2D eigenvalue weighted by Gasteiger charge is 2.24. The van der Waals surface area contributed by atoms with Gasteiger partial charge in [-0.1, -0.05) is 11.6 Å². The van der Waals surface area contributed by atoms with Gasteiger partial charge in [-0.2, -0.15) is 0 Å². The highest BCUT2D eigenvalue weighted by Crippen LogP contribution is 2.28. The predicted octanol–water partition coefficient (Wildman–Crippen LogP) is 2.66. The SMILES string of the molecule is CC(C)N1CCC(c2ncc(Cl)n2C)CC1.